The lowest BCUT2D eigenvalue weighted by molar-refractivity contribution is -0.149. The number of rotatable bonds is 7. The Bertz CT molecular complexity index is 705. The van der Waals surface area contributed by atoms with Gasteiger partial charge < -0.3 is 19.5 Å². The number of hydrogen-bond acceptors (Lipinski definition) is 6. The Balaban J connectivity index is 2.71. The molecule has 0 aliphatic carbocycles. The number of halogens is 1. The molecule has 1 aromatic rings. The third-order valence-corrected chi connectivity index (χ3v) is 3.38. The van der Waals surface area contributed by atoms with E-state index in [2.05, 4.69) is 10.6 Å². The maximum atomic E-state index is 11.8. The van der Waals surface area contributed by atoms with Crippen molar-refractivity contribution in [2.75, 3.05) is 20.8 Å². The second kappa shape index (κ2) is 10.3. The minimum Gasteiger partial charge on any atom is -0.493 e. The van der Waals surface area contributed by atoms with Crippen LogP contribution in [0.2, 0.25) is 5.02 Å². The zero-order chi connectivity index (χ0) is 19.7. The third kappa shape index (κ3) is 6.29. The predicted molar refractivity (Wildman–Crippen MR) is 96.4 cm³/mol. The number of amides is 3. The normalized spacial score (nSPS) is 11.6. The van der Waals surface area contributed by atoms with Crippen LogP contribution in [-0.4, -0.2) is 44.8 Å². The zero-order valence-electron chi connectivity index (χ0n) is 14.9. The van der Waals surface area contributed by atoms with Crippen molar-refractivity contribution in [1.82, 2.24) is 10.6 Å². The van der Waals surface area contributed by atoms with Crippen molar-refractivity contribution in [3.8, 4) is 11.5 Å². The van der Waals surface area contributed by atoms with E-state index in [1.54, 1.807) is 19.1 Å². The van der Waals surface area contributed by atoms with Crippen LogP contribution in [0.5, 0.6) is 11.5 Å². The Kier molecular flexibility index (Phi) is 8.44. The molecule has 0 aliphatic rings. The first-order chi connectivity index (χ1) is 12.3. The fourth-order valence-electron chi connectivity index (χ4n) is 1.88. The van der Waals surface area contributed by atoms with Crippen molar-refractivity contribution < 1.29 is 28.6 Å². The molecule has 0 fully saturated rings. The second-order valence-electron chi connectivity index (χ2n) is 5.00. The van der Waals surface area contributed by atoms with E-state index in [0.717, 1.165) is 6.08 Å². The number of carbonyl (C=O) groups is 3. The standard InChI is InChI=1S/C17H21ClN2O6/c1-5-19-17(23)20-16(22)10(2)26-14(21)7-6-11-8-12(18)15(25-4)13(9-11)24-3/h6-10H,5H2,1-4H3,(H2,19,20,22,23). The molecular formula is C17H21ClN2O6. The molecule has 26 heavy (non-hydrogen) atoms. The van der Waals surface area contributed by atoms with Gasteiger partial charge in [-0.05, 0) is 37.6 Å². The van der Waals surface area contributed by atoms with E-state index in [-0.39, 0.29) is 0 Å². The average molecular weight is 385 g/mol. The van der Waals surface area contributed by atoms with Crippen LogP contribution in [0.15, 0.2) is 18.2 Å². The van der Waals surface area contributed by atoms with Gasteiger partial charge in [-0.1, -0.05) is 11.6 Å². The van der Waals surface area contributed by atoms with Crippen LogP contribution in [0.4, 0.5) is 4.79 Å². The van der Waals surface area contributed by atoms with Crippen LogP contribution in [-0.2, 0) is 14.3 Å². The molecule has 0 radical (unpaired) electrons. The minimum absolute atomic E-state index is 0.314. The quantitative estimate of drug-likeness (QED) is 0.551. The van der Waals surface area contributed by atoms with E-state index in [9.17, 15) is 14.4 Å². The molecule has 1 unspecified atom stereocenters. The largest absolute Gasteiger partial charge is 0.493 e. The third-order valence-electron chi connectivity index (χ3n) is 3.10. The lowest BCUT2D eigenvalue weighted by Crippen LogP contribution is -2.44. The van der Waals surface area contributed by atoms with Gasteiger partial charge in [0.1, 0.15) is 0 Å². The first-order valence-electron chi connectivity index (χ1n) is 7.71. The van der Waals surface area contributed by atoms with Gasteiger partial charge in [0.25, 0.3) is 5.91 Å². The SMILES string of the molecule is CCNC(=O)NC(=O)C(C)OC(=O)C=Cc1cc(Cl)c(OC)c(OC)c1. The molecule has 1 atom stereocenters. The molecule has 0 aliphatic heterocycles. The molecule has 0 heterocycles. The Morgan fingerprint density at radius 3 is 2.50 bits per heavy atom. The van der Waals surface area contributed by atoms with Crippen molar-refractivity contribution >= 4 is 35.6 Å². The van der Waals surface area contributed by atoms with Crippen LogP contribution in [0.25, 0.3) is 6.08 Å². The molecule has 1 aromatic carbocycles. The molecule has 0 spiro atoms. The number of methoxy groups -OCH3 is 2. The summed E-state index contributed by atoms with van der Waals surface area (Å²) in [5.41, 5.74) is 0.573. The summed E-state index contributed by atoms with van der Waals surface area (Å²) < 4.78 is 15.2. The topological polar surface area (TPSA) is 103 Å². The van der Waals surface area contributed by atoms with Gasteiger partial charge in [0.05, 0.1) is 19.2 Å². The molecule has 2 N–H and O–H groups in total. The highest BCUT2D eigenvalue weighted by molar-refractivity contribution is 6.32. The highest BCUT2D eigenvalue weighted by Gasteiger charge is 2.18. The number of carbonyl (C=O) groups excluding carboxylic acids is 3. The summed E-state index contributed by atoms with van der Waals surface area (Å²) in [6.45, 7) is 3.43. The number of urea groups is 1. The summed E-state index contributed by atoms with van der Waals surface area (Å²) >= 11 is 6.08. The maximum absolute atomic E-state index is 11.8. The fraction of sp³-hybridized carbons (Fsp3) is 0.353. The van der Waals surface area contributed by atoms with Gasteiger partial charge >= 0.3 is 12.0 Å². The van der Waals surface area contributed by atoms with Crippen LogP contribution in [0, 0.1) is 0 Å². The lowest BCUT2D eigenvalue weighted by Gasteiger charge is -2.12. The summed E-state index contributed by atoms with van der Waals surface area (Å²) in [4.78, 5) is 34.8. The van der Waals surface area contributed by atoms with Gasteiger partial charge in [-0.15, -0.1) is 0 Å². The van der Waals surface area contributed by atoms with Gasteiger partial charge in [-0.2, -0.15) is 0 Å². The van der Waals surface area contributed by atoms with Crippen molar-refractivity contribution in [2.45, 2.75) is 20.0 Å². The van der Waals surface area contributed by atoms with Crippen LogP contribution in [0.1, 0.15) is 19.4 Å². The molecule has 1 rings (SSSR count). The van der Waals surface area contributed by atoms with Crippen LogP contribution in [0.3, 0.4) is 0 Å². The molecule has 142 valence electrons. The van der Waals surface area contributed by atoms with Crippen molar-refractivity contribution in [3.63, 3.8) is 0 Å². The van der Waals surface area contributed by atoms with E-state index in [1.165, 1.54) is 27.2 Å². The predicted octanol–water partition coefficient (Wildman–Crippen LogP) is 2.15. The second-order valence-corrected chi connectivity index (χ2v) is 5.41. The number of ether oxygens (including phenoxy) is 3. The molecule has 0 aromatic heterocycles. The minimum atomic E-state index is -1.14. The average Bonchev–Trinajstić information content (AvgIpc) is 2.59. The Hall–Kier alpha value is -2.74. The Labute approximate surface area is 156 Å². The van der Waals surface area contributed by atoms with E-state index >= 15 is 0 Å². The maximum Gasteiger partial charge on any atom is 0.331 e. The smallest absolute Gasteiger partial charge is 0.331 e. The monoisotopic (exact) mass is 384 g/mol. The molecule has 0 bridgehead atoms. The van der Waals surface area contributed by atoms with Gasteiger partial charge in [0.2, 0.25) is 0 Å². The molecular weight excluding hydrogens is 364 g/mol. The van der Waals surface area contributed by atoms with Crippen molar-refractivity contribution in [1.29, 1.82) is 0 Å². The van der Waals surface area contributed by atoms with Gasteiger partial charge in [0.15, 0.2) is 17.6 Å². The lowest BCUT2D eigenvalue weighted by atomic mass is 10.2. The number of imide groups is 1. The van der Waals surface area contributed by atoms with E-state index in [0.29, 0.717) is 28.6 Å². The molecule has 0 saturated heterocycles. The number of nitrogens with one attached hydrogen (secondary N) is 2. The molecule has 9 heteroatoms. The van der Waals surface area contributed by atoms with Gasteiger partial charge in [-0.3, -0.25) is 10.1 Å². The highest BCUT2D eigenvalue weighted by atomic mass is 35.5. The summed E-state index contributed by atoms with van der Waals surface area (Å²) in [6, 6.07) is 2.55. The van der Waals surface area contributed by atoms with Gasteiger partial charge in [0, 0.05) is 12.6 Å². The van der Waals surface area contributed by atoms with Crippen molar-refractivity contribution in [3.05, 3.63) is 28.8 Å². The fourth-order valence-corrected chi connectivity index (χ4v) is 2.18. The number of hydrogen-bond donors (Lipinski definition) is 2. The number of esters is 1. The summed E-state index contributed by atoms with van der Waals surface area (Å²) in [5.74, 6) is -0.700. The van der Waals surface area contributed by atoms with Crippen LogP contribution >= 0.6 is 11.6 Å². The molecule has 3 amide bonds. The van der Waals surface area contributed by atoms with Gasteiger partial charge in [-0.25, -0.2) is 9.59 Å². The Morgan fingerprint density at radius 1 is 1.23 bits per heavy atom. The summed E-state index contributed by atoms with van der Waals surface area (Å²) in [5, 5.41) is 4.77. The van der Waals surface area contributed by atoms with Crippen LogP contribution < -0.4 is 20.1 Å². The molecule has 0 saturated carbocycles. The molecule has 8 nitrogen and oxygen atoms in total. The zero-order valence-corrected chi connectivity index (χ0v) is 15.7. The Morgan fingerprint density at radius 2 is 1.92 bits per heavy atom. The summed E-state index contributed by atoms with van der Waals surface area (Å²) in [6.07, 6.45) is 1.45. The van der Waals surface area contributed by atoms with E-state index in [4.69, 9.17) is 25.8 Å². The van der Waals surface area contributed by atoms with E-state index < -0.39 is 24.0 Å². The first kappa shape index (κ1) is 21.3. The number of benzene rings is 1. The summed E-state index contributed by atoms with van der Waals surface area (Å²) in [7, 11) is 2.93. The first-order valence-corrected chi connectivity index (χ1v) is 8.09. The van der Waals surface area contributed by atoms with Crippen molar-refractivity contribution in [2.24, 2.45) is 0 Å². The van der Waals surface area contributed by atoms with E-state index in [1.807, 2.05) is 0 Å². The highest BCUT2D eigenvalue weighted by Crippen LogP contribution is 2.36.